The van der Waals surface area contributed by atoms with Crippen molar-refractivity contribution in [2.45, 2.75) is 32.5 Å². The largest absolute Gasteiger partial charge is 0.444 e. The van der Waals surface area contributed by atoms with Crippen LogP contribution in [0.1, 0.15) is 19.4 Å². The summed E-state index contributed by atoms with van der Waals surface area (Å²) in [4.78, 5) is 13.3. The number of carbonyl (C=O) groups excluding carboxylic acids is 1. The number of amides is 1. The van der Waals surface area contributed by atoms with E-state index in [0.29, 0.717) is 6.54 Å². The van der Waals surface area contributed by atoms with E-state index in [1.165, 1.54) is 0 Å². The van der Waals surface area contributed by atoms with Crippen LogP contribution >= 0.6 is 0 Å². The van der Waals surface area contributed by atoms with Crippen LogP contribution in [-0.2, 0) is 11.3 Å². The number of hydrogen-bond acceptors (Lipinski definition) is 2. The molecule has 0 spiro atoms. The number of hydrogen-bond donors (Lipinski definition) is 0. The fraction of sp³-hybridized carbons (Fsp3) is 0.417. The van der Waals surface area contributed by atoms with E-state index in [1.807, 2.05) is 44.2 Å². The Hall–Kier alpha value is -1.51. The van der Waals surface area contributed by atoms with E-state index in [2.05, 4.69) is 0 Å². The second kappa shape index (κ2) is 3.93. The molecule has 0 unspecified atom stereocenters. The molecule has 0 radical (unpaired) electrons. The molecule has 1 aliphatic rings. The van der Waals surface area contributed by atoms with E-state index in [9.17, 15) is 4.79 Å². The predicted molar refractivity (Wildman–Crippen MR) is 57.4 cm³/mol. The number of benzene rings is 1. The Kier molecular flexibility index (Phi) is 2.62. The Bertz CT molecular complexity index is 350. The maximum absolute atomic E-state index is 11.5. The zero-order valence-corrected chi connectivity index (χ0v) is 9.01. The van der Waals surface area contributed by atoms with Crippen molar-refractivity contribution in [2.75, 3.05) is 0 Å². The van der Waals surface area contributed by atoms with Crippen molar-refractivity contribution in [1.82, 2.24) is 4.90 Å². The lowest BCUT2D eigenvalue weighted by Crippen LogP contribution is -2.32. The average Bonchev–Trinajstić information content (AvgIpc) is 2.47. The van der Waals surface area contributed by atoms with Gasteiger partial charge < -0.3 is 4.74 Å². The lowest BCUT2D eigenvalue weighted by molar-refractivity contribution is 0.137. The van der Waals surface area contributed by atoms with Crippen LogP contribution in [0.25, 0.3) is 0 Å². The molecule has 1 fully saturated rings. The Morgan fingerprint density at radius 2 is 1.93 bits per heavy atom. The molecule has 3 heteroatoms. The van der Waals surface area contributed by atoms with Crippen molar-refractivity contribution >= 4 is 6.09 Å². The van der Waals surface area contributed by atoms with Gasteiger partial charge in [0.15, 0.2) is 0 Å². The number of cyclic esters (lactones) is 1. The van der Waals surface area contributed by atoms with Gasteiger partial charge in [-0.25, -0.2) is 4.79 Å². The van der Waals surface area contributed by atoms with Crippen LogP contribution in [0.3, 0.4) is 0 Å². The Morgan fingerprint density at radius 3 is 2.47 bits per heavy atom. The molecule has 1 aromatic carbocycles. The summed E-state index contributed by atoms with van der Waals surface area (Å²) in [7, 11) is 0. The first-order valence-corrected chi connectivity index (χ1v) is 5.19. The summed E-state index contributed by atoms with van der Waals surface area (Å²) in [6.45, 7) is 4.57. The van der Waals surface area contributed by atoms with Gasteiger partial charge >= 0.3 is 6.09 Å². The molecule has 0 aromatic heterocycles. The molecule has 0 aliphatic carbocycles. The normalized spacial score (nSPS) is 25.5. The van der Waals surface area contributed by atoms with Gasteiger partial charge in [0.05, 0.1) is 6.04 Å². The predicted octanol–water partition coefficient (Wildman–Crippen LogP) is 2.42. The zero-order valence-electron chi connectivity index (χ0n) is 9.01. The van der Waals surface area contributed by atoms with Crippen LogP contribution < -0.4 is 0 Å². The molecular formula is C12H15NO2. The van der Waals surface area contributed by atoms with E-state index in [-0.39, 0.29) is 18.2 Å². The molecule has 15 heavy (non-hydrogen) atoms. The van der Waals surface area contributed by atoms with Gasteiger partial charge in [0.2, 0.25) is 0 Å². The molecule has 1 aromatic rings. The van der Waals surface area contributed by atoms with E-state index < -0.39 is 0 Å². The molecule has 1 amide bonds. The highest BCUT2D eigenvalue weighted by Crippen LogP contribution is 2.21. The van der Waals surface area contributed by atoms with Gasteiger partial charge in [0.25, 0.3) is 0 Å². The summed E-state index contributed by atoms with van der Waals surface area (Å²) in [5.41, 5.74) is 1.13. The molecule has 3 nitrogen and oxygen atoms in total. The second-order valence-electron chi connectivity index (χ2n) is 3.94. The monoisotopic (exact) mass is 205 g/mol. The lowest BCUT2D eigenvalue weighted by Gasteiger charge is -2.19. The van der Waals surface area contributed by atoms with E-state index >= 15 is 0 Å². The summed E-state index contributed by atoms with van der Waals surface area (Å²) in [5, 5.41) is 0. The third-order valence-corrected chi connectivity index (χ3v) is 2.89. The van der Waals surface area contributed by atoms with Gasteiger partial charge in [0, 0.05) is 6.54 Å². The topological polar surface area (TPSA) is 29.5 Å². The first-order valence-electron chi connectivity index (χ1n) is 5.19. The fourth-order valence-electron chi connectivity index (χ4n) is 1.73. The lowest BCUT2D eigenvalue weighted by atomic mass is 10.1. The van der Waals surface area contributed by atoms with Crippen LogP contribution in [-0.4, -0.2) is 23.1 Å². The third-order valence-electron chi connectivity index (χ3n) is 2.89. The van der Waals surface area contributed by atoms with Crippen molar-refractivity contribution < 1.29 is 9.53 Å². The van der Waals surface area contributed by atoms with Crippen molar-refractivity contribution in [3.8, 4) is 0 Å². The Labute approximate surface area is 89.7 Å². The maximum Gasteiger partial charge on any atom is 0.410 e. The summed E-state index contributed by atoms with van der Waals surface area (Å²) in [6, 6.07) is 10.1. The quantitative estimate of drug-likeness (QED) is 0.742. The van der Waals surface area contributed by atoms with Crippen molar-refractivity contribution in [2.24, 2.45) is 0 Å². The van der Waals surface area contributed by atoms with Crippen LogP contribution in [0.5, 0.6) is 0 Å². The Balaban J connectivity index is 2.09. The highest BCUT2D eigenvalue weighted by atomic mass is 16.6. The molecule has 1 heterocycles. The highest BCUT2D eigenvalue weighted by Gasteiger charge is 2.35. The summed E-state index contributed by atoms with van der Waals surface area (Å²) >= 11 is 0. The standard InChI is InChI=1S/C12H15NO2/c1-9-10(2)15-12(14)13(9)8-11-6-4-3-5-7-11/h3-7,9-10H,8H2,1-2H3/t9-,10-/m1/s1. The minimum absolute atomic E-state index is 0.0128. The van der Waals surface area contributed by atoms with E-state index in [4.69, 9.17) is 4.74 Å². The van der Waals surface area contributed by atoms with Gasteiger partial charge in [-0.1, -0.05) is 30.3 Å². The number of ether oxygens (including phenoxy) is 1. The number of rotatable bonds is 2. The van der Waals surface area contributed by atoms with Gasteiger partial charge in [0.1, 0.15) is 6.10 Å². The van der Waals surface area contributed by atoms with Gasteiger partial charge in [-0.2, -0.15) is 0 Å². The first kappa shape index (κ1) is 10.0. The van der Waals surface area contributed by atoms with Crippen LogP contribution in [0.4, 0.5) is 4.79 Å². The fourth-order valence-corrected chi connectivity index (χ4v) is 1.73. The van der Waals surface area contributed by atoms with Crippen molar-refractivity contribution in [3.63, 3.8) is 0 Å². The molecule has 2 rings (SSSR count). The summed E-state index contributed by atoms with van der Waals surface area (Å²) < 4.78 is 5.15. The van der Waals surface area contributed by atoms with Gasteiger partial charge in [-0.15, -0.1) is 0 Å². The highest BCUT2D eigenvalue weighted by molar-refractivity contribution is 5.70. The zero-order chi connectivity index (χ0) is 10.8. The number of nitrogens with zero attached hydrogens (tertiary/aromatic N) is 1. The molecule has 2 atom stereocenters. The van der Waals surface area contributed by atoms with Crippen LogP contribution in [0.2, 0.25) is 0 Å². The van der Waals surface area contributed by atoms with Crippen LogP contribution in [0, 0.1) is 0 Å². The molecule has 80 valence electrons. The van der Waals surface area contributed by atoms with Gasteiger partial charge in [-0.3, -0.25) is 4.90 Å². The van der Waals surface area contributed by atoms with Crippen molar-refractivity contribution in [3.05, 3.63) is 35.9 Å². The minimum Gasteiger partial charge on any atom is -0.444 e. The summed E-state index contributed by atoms with van der Waals surface area (Å²) in [5.74, 6) is 0. The number of carbonyl (C=O) groups is 1. The smallest absolute Gasteiger partial charge is 0.410 e. The minimum atomic E-state index is -0.209. The average molecular weight is 205 g/mol. The van der Waals surface area contributed by atoms with E-state index in [0.717, 1.165) is 5.56 Å². The molecule has 0 bridgehead atoms. The van der Waals surface area contributed by atoms with Gasteiger partial charge in [-0.05, 0) is 19.4 Å². The third kappa shape index (κ3) is 1.96. The molecule has 0 saturated carbocycles. The van der Waals surface area contributed by atoms with Crippen molar-refractivity contribution in [1.29, 1.82) is 0 Å². The maximum atomic E-state index is 11.5. The first-order chi connectivity index (χ1) is 7.18. The Morgan fingerprint density at radius 1 is 1.27 bits per heavy atom. The molecule has 1 aliphatic heterocycles. The molecule has 0 N–H and O–H groups in total. The van der Waals surface area contributed by atoms with Crippen LogP contribution in [0.15, 0.2) is 30.3 Å². The van der Waals surface area contributed by atoms with E-state index in [1.54, 1.807) is 4.90 Å². The summed E-state index contributed by atoms with van der Waals surface area (Å²) in [6.07, 6.45) is -0.222. The SMILES string of the molecule is C[C@@H]1[C@@H](C)OC(=O)N1Cc1ccccc1. The molecular weight excluding hydrogens is 190 g/mol. The second-order valence-corrected chi connectivity index (χ2v) is 3.94. The molecule has 1 saturated heterocycles.